The van der Waals surface area contributed by atoms with Gasteiger partial charge in [-0.3, -0.25) is 4.79 Å². The summed E-state index contributed by atoms with van der Waals surface area (Å²) in [5.74, 6) is 0.868. The highest BCUT2D eigenvalue weighted by atomic mass is 16.5. The van der Waals surface area contributed by atoms with E-state index >= 15 is 0 Å². The van der Waals surface area contributed by atoms with Crippen molar-refractivity contribution in [2.45, 2.75) is 38.7 Å². The van der Waals surface area contributed by atoms with Gasteiger partial charge in [-0.1, -0.05) is 12.8 Å². The minimum absolute atomic E-state index is 0.0918. The van der Waals surface area contributed by atoms with Crippen LogP contribution in [0.2, 0.25) is 0 Å². The van der Waals surface area contributed by atoms with Crippen molar-refractivity contribution < 1.29 is 14.6 Å². The van der Waals surface area contributed by atoms with Gasteiger partial charge in [-0.05, 0) is 44.0 Å². The first-order valence-corrected chi connectivity index (χ1v) is 7.40. The van der Waals surface area contributed by atoms with Gasteiger partial charge in [-0.2, -0.15) is 0 Å². The van der Waals surface area contributed by atoms with Crippen LogP contribution in [0.25, 0.3) is 0 Å². The first-order valence-electron chi connectivity index (χ1n) is 7.40. The molecule has 0 spiro atoms. The summed E-state index contributed by atoms with van der Waals surface area (Å²) in [5, 5.41) is 12.8. The summed E-state index contributed by atoms with van der Waals surface area (Å²) in [6.07, 6.45) is 3.80. The minimum Gasteiger partial charge on any atom is -0.494 e. The molecule has 1 amide bonds. The Balaban J connectivity index is 1.84. The number of aliphatic hydroxyl groups excluding tert-OH is 1. The van der Waals surface area contributed by atoms with Gasteiger partial charge in [-0.25, -0.2) is 0 Å². The van der Waals surface area contributed by atoms with E-state index in [-0.39, 0.29) is 17.9 Å². The largest absolute Gasteiger partial charge is 0.494 e. The van der Waals surface area contributed by atoms with Crippen LogP contribution in [0.4, 0.5) is 0 Å². The van der Waals surface area contributed by atoms with Crippen LogP contribution >= 0.6 is 0 Å². The zero-order valence-corrected chi connectivity index (χ0v) is 12.0. The molecule has 0 heterocycles. The summed E-state index contributed by atoms with van der Waals surface area (Å²) in [4.78, 5) is 12.0. The molecule has 4 heteroatoms. The molecule has 1 aromatic rings. The number of carbonyl (C=O) groups excluding carboxylic acids is 1. The molecule has 0 aromatic heterocycles. The summed E-state index contributed by atoms with van der Waals surface area (Å²) in [6, 6.07) is 7.12. The van der Waals surface area contributed by atoms with E-state index in [9.17, 15) is 9.90 Å². The first kappa shape index (κ1) is 14.9. The molecule has 4 nitrogen and oxygen atoms in total. The summed E-state index contributed by atoms with van der Waals surface area (Å²) >= 11 is 0. The lowest BCUT2D eigenvalue weighted by Crippen LogP contribution is -2.36. The van der Waals surface area contributed by atoms with Gasteiger partial charge in [0.1, 0.15) is 5.75 Å². The third-order valence-electron chi connectivity index (χ3n) is 3.82. The van der Waals surface area contributed by atoms with Crippen molar-refractivity contribution >= 4 is 5.91 Å². The molecule has 2 rings (SSSR count). The third-order valence-corrected chi connectivity index (χ3v) is 3.82. The van der Waals surface area contributed by atoms with Crippen molar-refractivity contribution in [2.75, 3.05) is 13.2 Å². The van der Waals surface area contributed by atoms with E-state index in [2.05, 4.69) is 5.32 Å². The predicted molar refractivity (Wildman–Crippen MR) is 77.9 cm³/mol. The van der Waals surface area contributed by atoms with E-state index < -0.39 is 0 Å². The molecule has 2 N–H and O–H groups in total. The molecule has 1 aromatic carbocycles. The fourth-order valence-electron chi connectivity index (χ4n) is 2.62. The van der Waals surface area contributed by atoms with Gasteiger partial charge in [-0.15, -0.1) is 0 Å². The fourth-order valence-corrected chi connectivity index (χ4v) is 2.62. The van der Waals surface area contributed by atoms with E-state index in [0.29, 0.717) is 18.7 Å². The lowest BCUT2D eigenvalue weighted by atomic mass is 9.86. The lowest BCUT2D eigenvalue weighted by Gasteiger charge is -2.27. The zero-order valence-electron chi connectivity index (χ0n) is 12.0. The number of hydrogen-bond acceptors (Lipinski definition) is 3. The number of benzene rings is 1. The highest BCUT2D eigenvalue weighted by molar-refractivity contribution is 5.94. The van der Waals surface area contributed by atoms with Crippen LogP contribution in [0.3, 0.4) is 0 Å². The van der Waals surface area contributed by atoms with E-state index in [0.717, 1.165) is 31.4 Å². The number of aliphatic hydroxyl groups is 1. The Labute approximate surface area is 120 Å². The van der Waals surface area contributed by atoms with Crippen LogP contribution < -0.4 is 10.1 Å². The smallest absolute Gasteiger partial charge is 0.251 e. The number of ether oxygens (including phenoxy) is 1. The van der Waals surface area contributed by atoms with Crippen LogP contribution in [0.5, 0.6) is 5.75 Å². The Bertz CT molecular complexity index is 430. The second-order valence-corrected chi connectivity index (χ2v) is 5.28. The van der Waals surface area contributed by atoms with E-state index in [1.54, 1.807) is 24.3 Å². The molecule has 0 saturated heterocycles. The zero-order chi connectivity index (χ0) is 14.4. The molecule has 0 bridgehead atoms. The Hall–Kier alpha value is -1.55. The topological polar surface area (TPSA) is 58.6 Å². The number of amides is 1. The van der Waals surface area contributed by atoms with E-state index in [1.807, 2.05) is 6.92 Å². The maximum absolute atomic E-state index is 12.0. The number of rotatable bonds is 5. The van der Waals surface area contributed by atoms with E-state index in [4.69, 9.17) is 4.74 Å². The summed E-state index contributed by atoms with van der Waals surface area (Å²) in [6.45, 7) is 3.09. The quantitative estimate of drug-likeness (QED) is 0.868. The number of carbonyl (C=O) groups is 1. The molecular weight excluding hydrogens is 254 g/mol. The summed E-state index contributed by atoms with van der Waals surface area (Å²) in [5.41, 5.74) is 0.624. The fraction of sp³-hybridized carbons (Fsp3) is 0.562. The Morgan fingerprint density at radius 1 is 1.30 bits per heavy atom. The van der Waals surface area contributed by atoms with Crippen LogP contribution in [0, 0.1) is 5.92 Å². The normalized spacial score (nSPS) is 22.3. The SMILES string of the molecule is CCOc1ccc(C(=O)NCC2CCCCC2O)cc1. The van der Waals surface area contributed by atoms with Gasteiger partial charge >= 0.3 is 0 Å². The van der Waals surface area contributed by atoms with Gasteiger partial charge in [0.25, 0.3) is 5.91 Å². The summed E-state index contributed by atoms with van der Waals surface area (Å²) in [7, 11) is 0. The van der Waals surface area contributed by atoms with Crippen LogP contribution in [0.1, 0.15) is 43.0 Å². The molecule has 110 valence electrons. The Kier molecular flexibility index (Phi) is 5.41. The van der Waals surface area contributed by atoms with Crippen molar-refractivity contribution in [3.05, 3.63) is 29.8 Å². The van der Waals surface area contributed by atoms with Crippen molar-refractivity contribution in [1.29, 1.82) is 0 Å². The molecule has 0 aliphatic heterocycles. The van der Waals surface area contributed by atoms with Gasteiger partial charge in [0, 0.05) is 18.0 Å². The lowest BCUT2D eigenvalue weighted by molar-refractivity contribution is 0.0663. The molecule has 1 aliphatic carbocycles. The molecule has 1 aliphatic rings. The highest BCUT2D eigenvalue weighted by Gasteiger charge is 2.23. The molecule has 0 radical (unpaired) electrons. The molecular formula is C16H23NO3. The average Bonchev–Trinajstić information content (AvgIpc) is 2.47. The molecule has 20 heavy (non-hydrogen) atoms. The Morgan fingerprint density at radius 2 is 2.00 bits per heavy atom. The van der Waals surface area contributed by atoms with Crippen molar-refractivity contribution in [2.24, 2.45) is 5.92 Å². The standard InChI is InChI=1S/C16H23NO3/c1-2-20-14-9-7-12(8-10-14)16(19)17-11-13-5-3-4-6-15(13)18/h7-10,13,15,18H,2-6,11H2,1H3,(H,17,19). The molecule has 2 unspecified atom stereocenters. The van der Waals surface area contributed by atoms with E-state index in [1.165, 1.54) is 0 Å². The molecule has 2 atom stereocenters. The maximum Gasteiger partial charge on any atom is 0.251 e. The highest BCUT2D eigenvalue weighted by Crippen LogP contribution is 2.23. The molecule has 1 saturated carbocycles. The van der Waals surface area contributed by atoms with Gasteiger partial charge in [0.15, 0.2) is 0 Å². The van der Waals surface area contributed by atoms with Crippen LogP contribution in [-0.4, -0.2) is 30.3 Å². The number of hydrogen-bond donors (Lipinski definition) is 2. The Morgan fingerprint density at radius 3 is 2.65 bits per heavy atom. The van der Waals surface area contributed by atoms with Crippen LogP contribution in [-0.2, 0) is 0 Å². The van der Waals surface area contributed by atoms with Crippen molar-refractivity contribution in [3.8, 4) is 5.75 Å². The van der Waals surface area contributed by atoms with Crippen LogP contribution in [0.15, 0.2) is 24.3 Å². The number of nitrogens with one attached hydrogen (secondary N) is 1. The van der Waals surface area contributed by atoms with Crippen molar-refractivity contribution in [1.82, 2.24) is 5.32 Å². The minimum atomic E-state index is -0.274. The predicted octanol–water partition coefficient (Wildman–Crippen LogP) is 2.37. The van der Waals surface area contributed by atoms with Crippen molar-refractivity contribution in [3.63, 3.8) is 0 Å². The van der Waals surface area contributed by atoms with Gasteiger partial charge < -0.3 is 15.2 Å². The monoisotopic (exact) mass is 277 g/mol. The first-order chi connectivity index (χ1) is 9.70. The van der Waals surface area contributed by atoms with Gasteiger partial charge in [0.05, 0.1) is 12.7 Å². The summed E-state index contributed by atoms with van der Waals surface area (Å²) < 4.78 is 5.35. The third kappa shape index (κ3) is 3.97. The van der Waals surface area contributed by atoms with Gasteiger partial charge in [0.2, 0.25) is 0 Å². The second-order valence-electron chi connectivity index (χ2n) is 5.28. The average molecular weight is 277 g/mol. The molecule has 1 fully saturated rings. The maximum atomic E-state index is 12.0. The second kappa shape index (κ2) is 7.29.